The Morgan fingerprint density at radius 2 is 1.93 bits per heavy atom. The van der Waals surface area contributed by atoms with Crippen molar-refractivity contribution in [2.75, 3.05) is 44.4 Å². The Balaban J connectivity index is 1.58. The van der Waals surface area contributed by atoms with Crippen LogP contribution in [0.5, 0.6) is 0 Å². The van der Waals surface area contributed by atoms with Crippen LogP contribution in [-0.2, 0) is 14.8 Å². The molecule has 1 saturated heterocycles. The van der Waals surface area contributed by atoms with Crippen LogP contribution in [0.15, 0.2) is 53.7 Å². The van der Waals surface area contributed by atoms with E-state index in [1.54, 1.807) is 12.1 Å². The molecular formula is C20H27N5O3S. The first-order valence-corrected chi connectivity index (χ1v) is 11.0. The van der Waals surface area contributed by atoms with Gasteiger partial charge in [0, 0.05) is 36.9 Å². The first kappa shape index (κ1) is 21.2. The number of likely N-dealkylation sites (N-methyl/N-ethyl adjacent to an activating group) is 1. The van der Waals surface area contributed by atoms with Crippen LogP contribution in [0.25, 0.3) is 0 Å². The number of hydrogen-bond donors (Lipinski definition) is 2. The number of nitrogens with zero attached hydrogens (tertiary/aromatic N) is 3. The van der Waals surface area contributed by atoms with Crippen molar-refractivity contribution >= 4 is 27.3 Å². The summed E-state index contributed by atoms with van der Waals surface area (Å²) in [6.45, 7) is 1.83. The van der Waals surface area contributed by atoms with Crippen molar-refractivity contribution in [3.05, 3.63) is 48.8 Å². The molecule has 156 valence electrons. The maximum Gasteiger partial charge on any atom is 0.244 e. The molecule has 29 heavy (non-hydrogen) atoms. The second kappa shape index (κ2) is 9.34. The number of carbonyl (C=O) groups is 1. The Labute approximate surface area is 172 Å². The molecule has 1 aliphatic heterocycles. The fraction of sp³-hybridized carbons (Fsp3) is 0.400. The van der Waals surface area contributed by atoms with Gasteiger partial charge in [0.1, 0.15) is 4.90 Å². The van der Waals surface area contributed by atoms with Crippen LogP contribution in [-0.4, -0.2) is 68.3 Å². The van der Waals surface area contributed by atoms with Gasteiger partial charge < -0.3 is 15.5 Å². The summed E-state index contributed by atoms with van der Waals surface area (Å²) in [6.07, 6.45) is 4.91. The lowest BCUT2D eigenvalue weighted by Crippen LogP contribution is -2.36. The van der Waals surface area contributed by atoms with Crippen LogP contribution in [0.3, 0.4) is 0 Å². The quantitative estimate of drug-likeness (QED) is 0.714. The predicted molar refractivity (Wildman–Crippen MR) is 113 cm³/mol. The Morgan fingerprint density at radius 3 is 2.62 bits per heavy atom. The van der Waals surface area contributed by atoms with Gasteiger partial charge in [0.2, 0.25) is 15.9 Å². The molecule has 0 saturated carbocycles. The molecule has 0 spiro atoms. The number of piperidine rings is 1. The number of likely N-dealkylation sites (tertiary alicyclic amines) is 1. The van der Waals surface area contributed by atoms with E-state index in [-0.39, 0.29) is 11.4 Å². The van der Waals surface area contributed by atoms with Gasteiger partial charge in [-0.05, 0) is 63.3 Å². The lowest BCUT2D eigenvalue weighted by Gasteiger charge is -2.30. The highest BCUT2D eigenvalue weighted by molar-refractivity contribution is 7.89. The maximum absolute atomic E-state index is 12.5. The molecule has 3 rings (SSSR count). The number of carbonyl (C=O) groups excluding carboxylic acids is 1. The standard InChI is InChI=1S/C20H27N5O3S/c1-24-11-8-16(9-12-24)22-17-5-3-6-18(13-17)23-20(26)15-25(2)29(27,28)19-7-4-10-21-14-19/h3-7,10,13-14,16,22H,8-9,11-12,15H2,1-2H3,(H,23,26). The highest BCUT2D eigenvalue weighted by Gasteiger charge is 2.23. The number of amides is 1. The number of benzene rings is 1. The van der Waals surface area contributed by atoms with Crippen LogP contribution in [0.4, 0.5) is 11.4 Å². The molecule has 0 aliphatic carbocycles. The first-order chi connectivity index (χ1) is 13.8. The Kier molecular flexibility index (Phi) is 6.83. The van der Waals surface area contributed by atoms with Crippen molar-refractivity contribution in [1.29, 1.82) is 0 Å². The van der Waals surface area contributed by atoms with Gasteiger partial charge in [-0.1, -0.05) is 6.07 Å². The third-order valence-electron chi connectivity index (χ3n) is 4.94. The summed E-state index contributed by atoms with van der Waals surface area (Å²) < 4.78 is 26.0. The lowest BCUT2D eigenvalue weighted by atomic mass is 10.1. The van der Waals surface area contributed by atoms with E-state index in [2.05, 4.69) is 27.6 Å². The average molecular weight is 418 g/mol. The fourth-order valence-corrected chi connectivity index (χ4v) is 4.33. The zero-order valence-electron chi connectivity index (χ0n) is 16.7. The van der Waals surface area contributed by atoms with Gasteiger partial charge in [-0.2, -0.15) is 4.31 Å². The summed E-state index contributed by atoms with van der Waals surface area (Å²) in [5.41, 5.74) is 1.56. The van der Waals surface area contributed by atoms with E-state index in [0.717, 1.165) is 35.9 Å². The van der Waals surface area contributed by atoms with Gasteiger partial charge in [-0.25, -0.2) is 8.42 Å². The SMILES string of the molecule is CN1CCC(Nc2cccc(NC(=O)CN(C)S(=O)(=O)c3cccnc3)c2)CC1. The summed E-state index contributed by atoms with van der Waals surface area (Å²) in [4.78, 5) is 18.6. The number of sulfonamides is 1. The summed E-state index contributed by atoms with van der Waals surface area (Å²) in [5, 5.41) is 6.28. The van der Waals surface area contributed by atoms with Gasteiger partial charge >= 0.3 is 0 Å². The maximum atomic E-state index is 12.5. The van der Waals surface area contributed by atoms with E-state index < -0.39 is 15.9 Å². The molecule has 1 aromatic heterocycles. The van der Waals surface area contributed by atoms with E-state index in [1.807, 2.05) is 18.2 Å². The van der Waals surface area contributed by atoms with Crippen molar-refractivity contribution in [2.24, 2.45) is 0 Å². The molecule has 1 aliphatic rings. The monoisotopic (exact) mass is 417 g/mol. The van der Waals surface area contributed by atoms with E-state index in [4.69, 9.17) is 0 Å². The molecule has 8 nitrogen and oxygen atoms in total. The largest absolute Gasteiger partial charge is 0.382 e. The van der Waals surface area contributed by atoms with E-state index in [1.165, 1.54) is 25.5 Å². The van der Waals surface area contributed by atoms with Crippen molar-refractivity contribution in [1.82, 2.24) is 14.2 Å². The fourth-order valence-electron chi connectivity index (χ4n) is 3.24. The van der Waals surface area contributed by atoms with Crippen LogP contribution in [0.2, 0.25) is 0 Å². The number of anilines is 2. The van der Waals surface area contributed by atoms with E-state index >= 15 is 0 Å². The van der Waals surface area contributed by atoms with Crippen LogP contribution in [0, 0.1) is 0 Å². The molecule has 9 heteroatoms. The smallest absolute Gasteiger partial charge is 0.244 e. The molecular weight excluding hydrogens is 390 g/mol. The minimum atomic E-state index is -3.76. The van der Waals surface area contributed by atoms with Crippen molar-refractivity contribution in [3.8, 4) is 0 Å². The van der Waals surface area contributed by atoms with Gasteiger partial charge in [-0.3, -0.25) is 9.78 Å². The molecule has 2 aromatic rings. The normalized spacial score (nSPS) is 16.0. The Bertz CT molecular complexity index is 928. The average Bonchev–Trinajstić information content (AvgIpc) is 2.70. The van der Waals surface area contributed by atoms with Gasteiger partial charge in [0.05, 0.1) is 6.54 Å². The zero-order chi connectivity index (χ0) is 20.9. The number of rotatable bonds is 7. The number of aromatic nitrogens is 1. The molecule has 0 radical (unpaired) electrons. The van der Waals surface area contributed by atoms with Crippen LogP contribution >= 0.6 is 0 Å². The predicted octanol–water partition coefficient (Wildman–Crippen LogP) is 1.85. The number of pyridine rings is 1. The van der Waals surface area contributed by atoms with Gasteiger partial charge in [0.25, 0.3) is 0 Å². The molecule has 2 heterocycles. The van der Waals surface area contributed by atoms with E-state index in [0.29, 0.717) is 11.7 Å². The summed E-state index contributed by atoms with van der Waals surface area (Å²) in [5.74, 6) is -0.406. The summed E-state index contributed by atoms with van der Waals surface area (Å²) in [6, 6.07) is 10.9. The third kappa shape index (κ3) is 5.75. The summed E-state index contributed by atoms with van der Waals surface area (Å²) >= 11 is 0. The lowest BCUT2D eigenvalue weighted by molar-refractivity contribution is -0.116. The topological polar surface area (TPSA) is 94.6 Å². The molecule has 1 amide bonds. The number of hydrogen-bond acceptors (Lipinski definition) is 6. The molecule has 0 bridgehead atoms. The first-order valence-electron chi connectivity index (χ1n) is 9.56. The van der Waals surface area contributed by atoms with Crippen molar-refractivity contribution < 1.29 is 13.2 Å². The molecule has 1 aromatic carbocycles. The Hall–Kier alpha value is -2.49. The molecule has 0 unspecified atom stereocenters. The highest BCUT2D eigenvalue weighted by Crippen LogP contribution is 2.20. The zero-order valence-corrected chi connectivity index (χ0v) is 17.5. The minimum absolute atomic E-state index is 0.0552. The Morgan fingerprint density at radius 1 is 1.21 bits per heavy atom. The van der Waals surface area contributed by atoms with Crippen LogP contribution < -0.4 is 10.6 Å². The summed E-state index contributed by atoms with van der Waals surface area (Å²) in [7, 11) is -0.267. The molecule has 0 atom stereocenters. The van der Waals surface area contributed by atoms with Gasteiger partial charge in [-0.15, -0.1) is 0 Å². The van der Waals surface area contributed by atoms with Crippen molar-refractivity contribution in [3.63, 3.8) is 0 Å². The third-order valence-corrected chi connectivity index (χ3v) is 6.73. The minimum Gasteiger partial charge on any atom is -0.382 e. The van der Waals surface area contributed by atoms with Crippen molar-refractivity contribution in [2.45, 2.75) is 23.8 Å². The number of nitrogens with one attached hydrogen (secondary N) is 2. The molecule has 1 fully saturated rings. The molecule has 2 N–H and O–H groups in total. The second-order valence-corrected chi connectivity index (χ2v) is 9.35. The second-order valence-electron chi connectivity index (χ2n) is 7.30. The van der Waals surface area contributed by atoms with E-state index in [9.17, 15) is 13.2 Å². The van der Waals surface area contributed by atoms with Crippen LogP contribution in [0.1, 0.15) is 12.8 Å². The highest BCUT2D eigenvalue weighted by atomic mass is 32.2. The van der Waals surface area contributed by atoms with Gasteiger partial charge in [0.15, 0.2) is 0 Å².